The molecule has 0 aliphatic rings. The van der Waals surface area contributed by atoms with Gasteiger partial charge < -0.3 is 0 Å². The zero-order chi connectivity index (χ0) is 4.83. The van der Waals surface area contributed by atoms with Crippen molar-refractivity contribution in [3.63, 3.8) is 0 Å². The van der Waals surface area contributed by atoms with Crippen LogP contribution < -0.4 is 10.6 Å². The Kier molecular flexibility index (Phi) is 4.85. The minimum absolute atomic E-state index is 1.05. The van der Waals surface area contributed by atoms with Gasteiger partial charge in [0.1, 0.15) is 14.1 Å². The summed E-state index contributed by atoms with van der Waals surface area (Å²) in [7, 11) is 3.88. The van der Waals surface area contributed by atoms with Crippen LogP contribution in [-0.4, -0.2) is 27.2 Å². The van der Waals surface area contributed by atoms with E-state index >= 15 is 0 Å². The third-order valence-electron chi connectivity index (χ3n) is 0.625. The van der Waals surface area contributed by atoms with Gasteiger partial charge in [-0.25, -0.2) is 0 Å². The molecule has 2 nitrogen and oxygen atoms in total. The van der Waals surface area contributed by atoms with E-state index in [1.54, 1.807) is 0 Å². The first-order chi connectivity index (χ1) is 2.91. The minimum atomic E-state index is 1.05. The lowest BCUT2D eigenvalue weighted by Crippen LogP contribution is -2.91. The highest BCUT2D eigenvalue weighted by atomic mass is 14.9. The topological polar surface area (TPSA) is 31.2 Å². The van der Waals surface area contributed by atoms with Gasteiger partial charge in [0.25, 0.3) is 0 Å². The van der Waals surface area contributed by atoms with Gasteiger partial charge in [-0.05, 0) is 0 Å². The summed E-state index contributed by atoms with van der Waals surface area (Å²) in [4.78, 5) is 0. The predicted molar refractivity (Wildman–Crippen MR) is 23.5 cm³/mol. The van der Waals surface area contributed by atoms with E-state index in [0.29, 0.717) is 0 Å². The van der Waals surface area contributed by atoms with Gasteiger partial charge in [0.05, 0.1) is 0 Å². The SMILES string of the molecule is C[NH+]CC[NH+]C. The second-order valence-corrected chi connectivity index (χ2v) is 1.21. The zero-order valence-electron chi connectivity index (χ0n) is 4.41. The van der Waals surface area contributed by atoms with Crippen LogP contribution in [0, 0.1) is 0 Å². The molecular weight excluding hydrogens is 76.1 g/mol. The maximum Gasteiger partial charge on any atom is 0.174 e. The van der Waals surface area contributed by atoms with E-state index in [4.69, 9.17) is 0 Å². The fraction of sp³-hybridized carbons (Fsp3) is 1.00. The Morgan fingerprint density at radius 3 is 1.50 bits per heavy atom. The summed E-state index contributed by atoms with van der Waals surface area (Å²) >= 11 is 0. The Bertz CT molecular complexity index is 17.5. The molecule has 0 heterocycles. The lowest BCUT2D eigenvalue weighted by Gasteiger charge is -1.77. The average molecular weight is 88.2 g/mol. The van der Waals surface area contributed by atoms with Gasteiger partial charge >= 0.3 is 0 Å². The first-order valence-corrected chi connectivity index (χ1v) is 2.21. The van der Waals surface area contributed by atoms with Gasteiger partial charge in [-0.15, -0.1) is 0 Å². The van der Waals surface area contributed by atoms with Gasteiger partial charge in [-0.3, -0.25) is 0 Å². The van der Waals surface area contributed by atoms with E-state index in [1.165, 1.54) is 0 Å². The zero-order valence-corrected chi connectivity index (χ0v) is 4.41. The molecule has 0 aromatic heterocycles. The van der Waals surface area contributed by atoms with E-state index in [0.717, 1.165) is 13.1 Å². The van der Waals surface area contributed by atoms with Crippen molar-refractivity contribution in [2.24, 2.45) is 0 Å². The number of rotatable bonds is 3. The molecule has 36 valence electrons. The number of nitrogens with one attached hydrogen (secondary N) is 2. The number of likely N-dealkylation sites (N-methyl/N-ethyl adjacent to an activating group) is 2. The normalized spacial score (nSPS) is 9.00. The van der Waals surface area contributed by atoms with Crippen LogP contribution in [0.1, 0.15) is 0 Å². The second-order valence-electron chi connectivity index (χ2n) is 1.21. The van der Waals surface area contributed by atoms with Crippen LogP contribution in [0.25, 0.3) is 0 Å². The lowest BCUT2D eigenvalue weighted by molar-refractivity contribution is -0.698. The van der Waals surface area contributed by atoms with Crippen molar-refractivity contribution in [1.82, 2.24) is 0 Å². The fourth-order valence-electron chi connectivity index (χ4n) is 0.250. The Morgan fingerprint density at radius 1 is 1.00 bits per heavy atom. The predicted octanol–water partition coefficient (Wildman–Crippen LogP) is -3.06. The van der Waals surface area contributed by atoms with Gasteiger partial charge in [-0.1, -0.05) is 0 Å². The Hall–Kier alpha value is -0.0800. The van der Waals surface area contributed by atoms with Crippen LogP contribution in [0.4, 0.5) is 0 Å². The molecule has 0 amide bonds. The second kappa shape index (κ2) is 4.92. The van der Waals surface area contributed by atoms with E-state index in [-0.39, 0.29) is 0 Å². The molecule has 2 radical (unpaired) electrons. The molecule has 0 aromatic carbocycles. The molecule has 2 N–H and O–H groups in total. The van der Waals surface area contributed by atoms with Gasteiger partial charge in [0.2, 0.25) is 0 Å². The van der Waals surface area contributed by atoms with Crippen molar-refractivity contribution in [3.8, 4) is 0 Å². The van der Waals surface area contributed by atoms with Crippen molar-refractivity contribution in [3.05, 3.63) is 0 Å². The van der Waals surface area contributed by atoms with Crippen LogP contribution in [0.2, 0.25) is 0 Å². The van der Waals surface area contributed by atoms with Crippen LogP contribution in [-0.2, 0) is 0 Å². The first-order valence-electron chi connectivity index (χ1n) is 2.21. The summed E-state index contributed by atoms with van der Waals surface area (Å²) in [6, 6.07) is 0. The molecule has 0 fully saturated rings. The van der Waals surface area contributed by atoms with Crippen LogP contribution in [0.15, 0.2) is 0 Å². The van der Waals surface area contributed by atoms with Gasteiger partial charge in [-0.2, -0.15) is 10.6 Å². The van der Waals surface area contributed by atoms with E-state index in [1.807, 2.05) is 14.1 Å². The molecule has 0 bridgehead atoms. The van der Waals surface area contributed by atoms with E-state index in [2.05, 4.69) is 10.6 Å². The molecule has 0 unspecified atom stereocenters. The molecule has 0 spiro atoms. The highest BCUT2D eigenvalue weighted by molar-refractivity contribution is 4.06. The summed E-state index contributed by atoms with van der Waals surface area (Å²) in [6.45, 7) is 2.10. The summed E-state index contributed by atoms with van der Waals surface area (Å²) in [5.41, 5.74) is 0. The Balaban J connectivity index is 2.34. The van der Waals surface area contributed by atoms with Crippen molar-refractivity contribution >= 4 is 0 Å². The van der Waals surface area contributed by atoms with Gasteiger partial charge in [0, 0.05) is 0 Å². The molecule has 6 heavy (non-hydrogen) atoms. The monoisotopic (exact) mass is 88.1 g/mol. The van der Waals surface area contributed by atoms with Crippen molar-refractivity contribution in [1.29, 1.82) is 0 Å². The Labute approximate surface area is 38.9 Å². The van der Waals surface area contributed by atoms with Crippen LogP contribution in [0.3, 0.4) is 0 Å². The largest absolute Gasteiger partial charge is 0.180 e. The summed E-state index contributed by atoms with van der Waals surface area (Å²) in [5, 5.41) is 6.01. The van der Waals surface area contributed by atoms with Crippen LogP contribution >= 0.6 is 0 Å². The summed E-state index contributed by atoms with van der Waals surface area (Å²) in [6.07, 6.45) is 0. The molecule has 0 aliphatic heterocycles. The number of hydrogen-bond acceptors (Lipinski definition) is 2. The van der Waals surface area contributed by atoms with Crippen molar-refractivity contribution < 1.29 is 10.6 Å². The highest BCUT2D eigenvalue weighted by Crippen LogP contribution is 1.21. The quantitative estimate of drug-likeness (QED) is 0.343. The fourth-order valence-corrected chi connectivity index (χ4v) is 0.250. The summed E-state index contributed by atoms with van der Waals surface area (Å²) in [5.74, 6) is 0. The maximum atomic E-state index is 3.01. The van der Waals surface area contributed by atoms with E-state index in [9.17, 15) is 0 Å². The van der Waals surface area contributed by atoms with Crippen molar-refractivity contribution in [2.75, 3.05) is 27.2 Å². The molecule has 0 aliphatic carbocycles. The molecule has 0 saturated heterocycles. The first kappa shape index (κ1) is 5.92. The average Bonchev–Trinajstić information content (AvgIpc) is 1.61. The van der Waals surface area contributed by atoms with E-state index < -0.39 is 0 Å². The lowest BCUT2D eigenvalue weighted by atomic mass is 10.6. The molecule has 0 atom stereocenters. The van der Waals surface area contributed by atoms with Crippen LogP contribution in [0.5, 0.6) is 0 Å². The summed E-state index contributed by atoms with van der Waals surface area (Å²) < 4.78 is 0. The van der Waals surface area contributed by atoms with Gasteiger partial charge in [0.15, 0.2) is 13.1 Å². The molecule has 2 heteroatoms. The minimum Gasteiger partial charge on any atom is -0.180 e. The molecule has 0 saturated carbocycles. The maximum absolute atomic E-state index is 3.01. The third kappa shape index (κ3) is 3.92. The standard InChI is InChI=1S/C4H12N2/c1-5-3-4-6-2/h5-6H,3-4H2,1-2H3/q+2. The third-order valence-corrected chi connectivity index (χ3v) is 0.625. The molecular formula is C4H12N2+2. The van der Waals surface area contributed by atoms with Crippen molar-refractivity contribution in [2.45, 2.75) is 0 Å². The Morgan fingerprint density at radius 2 is 1.33 bits per heavy atom. The highest BCUT2D eigenvalue weighted by Gasteiger charge is 1.86. The molecule has 0 rings (SSSR count). The smallest absolute Gasteiger partial charge is 0.174 e. The number of hydrogen-bond donors (Lipinski definition) is 2. The molecule has 0 aromatic rings.